The van der Waals surface area contributed by atoms with Crippen molar-refractivity contribution in [3.63, 3.8) is 0 Å². The second-order valence-electron chi connectivity index (χ2n) is 18.1. The highest BCUT2D eigenvalue weighted by molar-refractivity contribution is 5.75. The fourth-order valence-electron chi connectivity index (χ4n) is 4.62. The summed E-state index contributed by atoms with van der Waals surface area (Å²) in [4.78, 5) is 52.8. The third-order valence-corrected chi connectivity index (χ3v) is 7.67. The number of benzene rings is 3. The summed E-state index contributed by atoms with van der Waals surface area (Å²) in [6.45, 7) is 20.5. The molecule has 0 aliphatic rings. The predicted molar refractivity (Wildman–Crippen MR) is 318 cm³/mol. The van der Waals surface area contributed by atoms with Crippen molar-refractivity contribution in [2.24, 2.45) is 5.73 Å². The largest absolute Gasteiger partial charge is 0.505 e. The van der Waals surface area contributed by atoms with Gasteiger partial charge in [-0.3, -0.25) is 20.2 Å². The lowest BCUT2D eigenvalue weighted by Crippen LogP contribution is -2.34. The van der Waals surface area contributed by atoms with Crippen LogP contribution in [-0.4, -0.2) is 174 Å². The van der Waals surface area contributed by atoms with Crippen molar-refractivity contribution < 1.29 is 95.4 Å². The average molecular weight is 1220 g/mol. The van der Waals surface area contributed by atoms with Crippen LogP contribution in [0.15, 0.2) is 54.6 Å². The predicted octanol–water partition coefficient (Wildman–Crippen LogP) is 8.70. The molecule has 0 aromatic heterocycles. The van der Waals surface area contributed by atoms with Crippen LogP contribution in [0.1, 0.15) is 99.4 Å². The molecule has 0 heterocycles. The van der Waals surface area contributed by atoms with Crippen molar-refractivity contribution in [1.29, 1.82) is 0 Å². The minimum Gasteiger partial charge on any atom is -0.505 e. The third-order valence-electron chi connectivity index (χ3n) is 7.67. The molecule has 3 radical (unpaired) electrons. The molecule has 30 heteroatoms. The molecule has 0 atom stereocenters. The van der Waals surface area contributed by atoms with E-state index < -0.39 is 68.1 Å². The van der Waals surface area contributed by atoms with Crippen LogP contribution in [0.4, 0.5) is 44.6 Å². The fourth-order valence-corrected chi connectivity index (χ4v) is 4.62. The minimum atomic E-state index is -0.987. The van der Waals surface area contributed by atoms with E-state index in [9.17, 15) is 47.8 Å². The second kappa shape index (κ2) is 52.8. The molecular formula is C54H98BF3N7O19. The molecule has 0 aliphatic heterocycles. The summed E-state index contributed by atoms with van der Waals surface area (Å²) in [5, 5.41) is 53.3. The van der Waals surface area contributed by atoms with E-state index in [1.807, 2.05) is 0 Å². The first-order valence-electron chi connectivity index (χ1n) is 24.0. The number of aromatic hydroxyl groups is 1. The number of nitrogens with zero attached hydrogens (tertiary/aromatic N) is 2. The molecule has 10 N–H and O–H groups in total. The van der Waals surface area contributed by atoms with Gasteiger partial charge in [-0.1, -0.05) is 37.1 Å². The number of anilines is 1. The number of nitro groups is 2. The maximum Gasteiger partial charge on any atom is 0.407 e. The number of rotatable bonds is 25. The first kappa shape index (κ1) is 93.5. The number of aliphatic hydroxyl groups is 2. The molecule has 3 amide bonds. The highest BCUT2D eigenvalue weighted by atomic mass is 19.1. The van der Waals surface area contributed by atoms with Gasteiger partial charge in [0.1, 0.15) is 30.0 Å². The van der Waals surface area contributed by atoms with Gasteiger partial charge in [-0.05, 0) is 86.6 Å². The van der Waals surface area contributed by atoms with Crippen LogP contribution in [0.2, 0.25) is 0 Å². The number of nitro benzene ring substituents is 2. The first-order valence-corrected chi connectivity index (χ1v) is 24.0. The first-order chi connectivity index (χ1) is 36.4. The molecule has 0 saturated heterocycles. The number of carbonyl (C=O) groups is 3. The summed E-state index contributed by atoms with van der Waals surface area (Å²) < 4.78 is 84.9. The monoisotopic (exact) mass is 1220 g/mol. The Kier molecular flexibility index (Phi) is 58.8. The number of nitrogens with one attached hydrogen (secondary N) is 3. The normalized spacial score (nSPS) is 9.94. The highest BCUT2D eigenvalue weighted by Crippen LogP contribution is 2.23. The summed E-state index contributed by atoms with van der Waals surface area (Å²) in [6.07, 6.45) is -1.48. The fraction of sp³-hybridized carbons (Fsp3) is 0.611. The van der Waals surface area contributed by atoms with E-state index in [0.29, 0.717) is 57.8 Å². The Labute approximate surface area is 496 Å². The SMILES string of the molecule is C.C.C.C.C.CC(C)(C)OC(=O)NCCOCCO.CC(C)(C)OC(=O)NCCOCCOc1ccc(N)cc1F.CC(C)(C)OC(=O)NCCOCCOc1ccc([N+](=O)[O-])cc1F.NCCOCCO.O=[N+]([O-])c1ccc(O)c(F)c1.[B]. The topological polar surface area (TPSA) is 369 Å². The van der Waals surface area contributed by atoms with Crippen LogP contribution in [0, 0.1) is 37.7 Å². The van der Waals surface area contributed by atoms with Crippen LogP contribution in [0.25, 0.3) is 0 Å². The van der Waals surface area contributed by atoms with E-state index >= 15 is 0 Å². The molecule has 84 heavy (non-hydrogen) atoms. The van der Waals surface area contributed by atoms with Crippen LogP contribution < -0.4 is 36.9 Å². The van der Waals surface area contributed by atoms with Gasteiger partial charge in [-0.2, -0.15) is 0 Å². The van der Waals surface area contributed by atoms with Gasteiger partial charge in [0.05, 0.1) is 88.0 Å². The zero-order valence-electron chi connectivity index (χ0n) is 46.1. The molecule has 0 aliphatic carbocycles. The number of carbonyl (C=O) groups excluding carboxylic acids is 3. The van der Waals surface area contributed by atoms with Crippen LogP contribution in [0.5, 0.6) is 17.2 Å². The number of hydrogen-bond donors (Lipinski definition) is 8. The van der Waals surface area contributed by atoms with Gasteiger partial charge in [0, 0.05) is 58.5 Å². The molecule has 3 aromatic carbocycles. The Hall–Kier alpha value is -6.96. The molecular weight excluding hydrogens is 1120 g/mol. The van der Waals surface area contributed by atoms with Gasteiger partial charge in [0.15, 0.2) is 34.7 Å². The van der Waals surface area contributed by atoms with Crippen molar-refractivity contribution in [2.75, 3.05) is 111 Å². The summed E-state index contributed by atoms with van der Waals surface area (Å²) in [5.41, 5.74) is 8.56. The highest BCUT2D eigenvalue weighted by Gasteiger charge is 2.18. The Morgan fingerprint density at radius 1 is 0.512 bits per heavy atom. The van der Waals surface area contributed by atoms with Crippen molar-refractivity contribution in [2.45, 2.75) is 116 Å². The number of hydrogen-bond acceptors (Lipinski definition) is 21. The van der Waals surface area contributed by atoms with E-state index in [1.165, 1.54) is 18.2 Å². The molecule has 3 rings (SSSR count). The van der Waals surface area contributed by atoms with Gasteiger partial charge >= 0.3 is 18.3 Å². The molecule has 0 fully saturated rings. The molecule has 0 unspecified atom stereocenters. The van der Waals surface area contributed by atoms with Gasteiger partial charge in [-0.25, -0.2) is 27.6 Å². The number of halogens is 3. The average Bonchev–Trinajstić information content (AvgIpc) is 3.32. The molecule has 0 spiro atoms. The zero-order valence-corrected chi connectivity index (χ0v) is 46.1. The quantitative estimate of drug-likeness (QED) is 0.00981. The summed E-state index contributed by atoms with van der Waals surface area (Å²) in [7, 11) is 0. The van der Waals surface area contributed by atoms with E-state index in [0.717, 1.165) is 24.3 Å². The third kappa shape index (κ3) is 55.6. The number of nitrogens with two attached hydrogens (primary N) is 2. The molecule has 3 aromatic rings. The Morgan fingerprint density at radius 3 is 1.14 bits per heavy atom. The van der Waals surface area contributed by atoms with Crippen LogP contribution in [0.3, 0.4) is 0 Å². The van der Waals surface area contributed by atoms with Gasteiger partial charge in [-0.15, -0.1) is 0 Å². The van der Waals surface area contributed by atoms with Crippen molar-refractivity contribution in [1.82, 2.24) is 16.0 Å². The van der Waals surface area contributed by atoms with Crippen LogP contribution in [-0.2, 0) is 33.2 Å². The van der Waals surface area contributed by atoms with Crippen molar-refractivity contribution >= 4 is 43.8 Å². The molecule has 0 saturated carbocycles. The summed E-state index contributed by atoms with van der Waals surface area (Å²) >= 11 is 0. The lowest BCUT2D eigenvalue weighted by atomic mass is 10.2. The Morgan fingerprint density at radius 2 is 0.833 bits per heavy atom. The molecule has 487 valence electrons. The van der Waals surface area contributed by atoms with Gasteiger partial charge in [0.2, 0.25) is 0 Å². The number of ether oxygens (including phenoxy) is 9. The minimum absolute atomic E-state index is 0. The lowest BCUT2D eigenvalue weighted by Gasteiger charge is -2.19. The van der Waals surface area contributed by atoms with Crippen molar-refractivity contribution in [3.05, 3.63) is 92.3 Å². The lowest BCUT2D eigenvalue weighted by molar-refractivity contribution is -0.385. The maximum atomic E-state index is 13.5. The molecule has 0 bridgehead atoms. The van der Waals surface area contributed by atoms with Gasteiger partial charge < -0.3 is 85.4 Å². The van der Waals surface area contributed by atoms with E-state index in [-0.39, 0.29) is 128 Å². The number of phenols is 1. The van der Waals surface area contributed by atoms with Crippen molar-refractivity contribution in [3.8, 4) is 17.2 Å². The maximum absolute atomic E-state index is 13.5. The Balaban J connectivity index is -0.000000148. The second-order valence-corrected chi connectivity index (χ2v) is 18.1. The summed E-state index contributed by atoms with van der Waals surface area (Å²) in [6, 6.07) is 9.99. The van der Waals surface area contributed by atoms with E-state index in [4.69, 9.17) is 69.4 Å². The number of nitrogen functional groups attached to an aromatic ring is 1. The zero-order chi connectivity index (χ0) is 59.7. The molecule has 26 nitrogen and oxygen atoms in total. The van der Waals surface area contributed by atoms with E-state index in [2.05, 4.69) is 16.0 Å². The number of alkyl carbamates (subject to hydrolysis) is 3. The Bertz CT molecular complexity index is 2190. The van der Waals surface area contributed by atoms with Gasteiger partial charge in [0.25, 0.3) is 11.4 Å². The number of amides is 3. The standard InChI is InChI=1S/C15H21FN2O6.C15H23FN2O4.C9H19NO4.C6H4FNO3.C4H11NO2.5CH4.B/c1-15(2,3)24-14(19)17-6-7-22-8-9-23-13-5-4-11(18(20)21)10-12(13)16;1-15(2,3)22-14(19)18-6-7-20-8-9-21-13-5-4-11(17)10-12(13)16;1-9(2,3)14-8(12)10-4-6-13-7-5-11;7-5-3-4(8(10)11)1-2-6(5)9;5-1-3-7-4-2-6;;;;;;/h4-5,10H,6-9H2,1-3H3,(H,17,19);4-5,10H,6-9,17H2,1-3H3,(H,18,19);11H,4-7H2,1-3H3,(H,10,12);1-3,9H;6H,1-5H2;5*1H4;. The summed E-state index contributed by atoms with van der Waals surface area (Å²) in [5.74, 6) is -2.85. The number of phenolic OH excluding ortho intramolecular Hbond substituents is 1. The van der Waals surface area contributed by atoms with E-state index in [1.54, 1.807) is 68.4 Å². The smallest absolute Gasteiger partial charge is 0.407 e. The number of aliphatic hydroxyl groups excluding tert-OH is 2. The number of non-ortho nitro benzene ring substituents is 2. The van der Waals surface area contributed by atoms with Crippen LogP contribution >= 0.6 is 0 Å².